The van der Waals surface area contributed by atoms with Crippen LogP contribution in [0.4, 0.5) is 0 Å². The van der Waals surface area contributed by atoms with Gasteiger partial charge in [-0.25, -0.2) is 0 Å². The molecule has 3 rings (SSSR count). The molecular formula is C28H44. The Balaban J connectivity index is 1.64. The van der Waals surface area contributed by atoms with E-state index in [2.05, 4.69) is 50.3 Å². The van der Waals surface area contributed by atoms with Crippen LogP contribution in [0.15, 0.2) is 36.4 Å². The van der Waals surface area contributed by atoms with Crippen molar-refractivity contribution in [3.63, 3.8) is 0 Å². The maximum atomic E-state index is 2.50. The van der Waals surface area contributed by atoms with Crippen LogP contribution in [0.25, 0.3) is 0 Å². The fourth-order valence-electron chi connectivity index (χ4n) is 5.72. The van der Waals surface area contributed by atoms with Crippen LogP contribution in [0.3, 0.4) is 0 Å². The lowest BCUT2D eigenvalue weighted by Gasteiger charge is -2.36. The smallest absolute Gasteiger partial charge is 0.0131 e. The van der Waals surface area contributed by atoms with Crippen molar-refractivity contribution in [2.45, 2.75) is 110 Å². The largest absolute Gasteiger partial charge is 0.0885 e. The Labute approximate surface area is 175 Å². The van der Waals surface area contributed by atoms with Gasteiger partial charge in [0.25, 0.3) is 0 Å². The van der Waals surface area contributed by atoms with Gasteiger partial charge >= 0.3 is 0 Å². The van der Waals surface area contributed by atoms with Crippen LogP contribution >= 0.6 is 0 Å². The van der Waals surface area contributed by atoms with Gasteiger partial charge in [0.1, 0.15) is 0 Å². The van der Waals surface area contributed by atoms with Crippen molar-refractivity contribution < 1.29 is 0 Å². The van der Waals surface area contributed by atoms with E-state index in [0.717, 1.165) is 23.7 Å². The van der Waals surface area contributed by atoms with E-state index in [1.165, 1.54) is 89.9 Å². The van der Waals surface area contributed by atoms with E-state index in [-0.39, 0.29) is 0 Å². The van der Waals surface area contributed by atoms with Gasteiger partial charge in [0.15, 0.2) is 0 Å². The molecule has 1 fully saturated rings. The summed E-state index contributed by atoms with van der Waals surface area (Å²) >= 11 is 0. The highest BCUT2D eigenvalue weighted by atomic mass is 14.3. The number of unbranched alkanes of at least 4 members (excludes halogenated alkanes) is 3. The van der Waals surface area contributed by atoms with E-state index in [0.29, 0.717) is 0 Å². The zero-order chi connectivity index (χ0) is 19.6. The van der Waals surface area contributed by atoms with Crippen LogP contribution in [0.1, 0.15) is 114 Å². The lowest BCUT2D eigenvalue weighted by molar-refractivity contribution is 0.215. The van der Waals surface area contributed by atoms with Crippen LogP contribution in [0.5, 0.6) is 0 Å². The van der Waals surface area contributed by atoms with Crippen molar-refractivity contribution in [3.05, 3.63) is 47.5 Å². The van der Waals surface area contributed by atoms with Gasteiger partial charge in [-0.1, -0.05) is 88.8 Å². The van der Waals surface area contributed by atoms with Crippen LogP contribution in [0, 0.1) is 17.8 Å². The summed E-state index contributed by atoms with van der Waals surface area (Å²) in [6, 6.07) is 9.91. The van der Waals surface area contributed by atoms with E-state index in [9.17, 15) is 0 Å². The van der Waals surface area contributed by atoms with E-state index in [1.54, 1.807) is 11.1 Å². The normalized spacial score (nSPS) is 26.3. The molecule has 0 heterocycles. The number of aryl methyl sites for hydroxylation is 1. The molecule has 2 atom stereocenters. The molecule has 0 nitrogen and oxygen atoms in total. The number of hydrogen-bond acceptors (Lipinski definition) is 0. The van der Waals surface area contributed by atoms with Crippen LogP contribution < -0.4 is 0 Å². The quantitative estimate of drug-likeness (QED) is 0.281. The van der Waals surface area contributed by atoms with E-state index in [4.69, 9.17) is 0 Å². The summed E-state index contributed by atoms with van der Waals surface area (Å²) in [5.41, 5.74) is 3.20. The lowest BCUT2D eigenvalue weighted by atomic mass is 9.69. The van der Waals surface area contributed by atoms with E-state index in [1.807, 2.05) is 0 Å². The average Bonchev–Trinajstić information content (AvgIpc) is 2.76. The standard InChI is InChI=1S/C28H44/c1-3-5-6-8-11-24-16-20-27(21-17-24)28(22-25-12-9-7-10-13-25)26-18-14-23(4-2)15-19-26/h7,9,16-17,20-21,23,25-26,28H,3-6,8,10-15,18-19,22H2,1-2H3. The first kappa shape index (κ1) is 21.7. The second-order valence-corrected chi connectivity index (χ2v) is 9.73. The summed E-state index contributed by atoms with van der Waals surface area (Å²) in [7, 11) is 0. The maximum absolute atomic E-state index is 2.50. The van der Waals surface area contributed by atoms with Crippen molar-refractivity contribution in [1.82, 2.24) is 0 Å². The van der Waals surface area contributed by atoms with E-state index >= 15 is 0 Å². The van der Waals surface area contributed by atoms with Gasteiger partial charge in [-0.2, -0.15) is 0 Å². The van der Waals surface area contributed by atoms with Crippen molar-refractivity contribution in [1.29, 1.82) is 0 Å². The molecule has 0 saturated heterocycles. The van der Waals surface area contributed by atoms with Gasteiger partial charge in [0, 0.05) is 0 Å². The summed E-state index contributed by atoms with van der Waals surface area (Å²) in [5, 5.41) is 0. The predicted octanol–water partition coefficient (Wildman–Crippen LogP) is 8.86. The van der Waals surface area contributed by atoms with Gasteiger partial charge in [-0.05, 0) is 86.2 Å². The van der Waals surface area contributed by atoms with Gasteiger partial charge in [-0.15, -0.1) is 0 Å². The predicted molar refractivity (Wildman–Crippen MR) is 124 cm³/mol. The number of hydrogen-bond donors (Lipinski definition) is 0. The Hall–Kier alpha value is -1.04. The highest BCUT2D eigenvalue weighted by Crippen LogP contribution is 2.43. The molecule has 28 heavy (non-hydrogen) atoms. The molecule has 1 aromatic rings. The summed E-state index contributed by atoms with van der Waals surface area (Å²) in [6.07, 6.45) is 24.3. The molecule has 2 aliphatic rings. The van der Waals surface area contributed by atoms with Gasteiger partial charge in [0.2, 0.25) is 0 Å². The molecule has 0 amide bonds. The molecule has 0 N–H and O–H groups in total. The first-order valence-electron chi connectivity index (χ1n) is 12.5. The fraction of sp³-hybridized carbons (Fsp3) is 0.714. The SMILES string of the molecule is CCCCCCc1ccc(C(CC2CC=CCC2)C2CCC(CC)CC2)cc1. The third-order valence-electron chi connectivity index (χ3n) is 7.73. The molecule has 0 aliphatic heterocycles. The number of rotatable bonds is 10. The second-order valence-electron chi connectivity index (χ2n) is 9.73. The van der Waals surface area contributed by atoms with Crippen molar-refractivity contribution in [3.8, 4) is 0 Å². The highest BCUT2D eigenvalue weighted by Gasteiger charge is 2.30. The monoisotopic (exact) mass is 380 g/mol. The van der Waals surface area contributed by atoms with Gasteiger partial charge in [-0.3, -0.25) is 0 Å². The molecule has 0 bridgehead atoms. The first-order valence-corrected chi connectivity index (χ1v) is 12.5. The Bertz CT molecular complexity index is 558. The fourth-order valence-corrected chi connectivity index (χ4v) is 5.72. The lowest BCUT2D eigenvalue weighted by Crippen LogP contribution is -2.23. The Morgan fingerprint density at radius 3 is 2.25 bits per heavy atom. The van der Waals surface area contributed by atoms with Crippen molar-refractivity contribution in [2.24, 2.45) is 17.8 Å². The second kappa shape index (κ2) is 11.8. The third kappa shape index (κ3) is 6.50. The minimum atomic E-state index is 0.795. The average molecular weight is 381 g/mol. The summed E-state index contributed by atoms with van der Waals surface area (Å²) in [4.78, 5) is 0. The molecule has 0 heteroatoms. The molecule has 1 aromatic carbocycles. The van der Waals surface area contributed by atoms with Crippen LogP contribution in [-0.4, -0.2) is 0 Å². The van der Waals surface area contributed by atoms with Crippen LogP contribution in [0.2, 0.25) is 0 Å². The van der Waals surface area contributed by atoms with E-state index < -0.39 is 0 Å². The van der Waals surface area contributed by atoms with Gasteiger partial charge in [0.05, 0.1) is 0 Å². The molecule has 0 radical (unpaired) electrons. The topological polar surface area (TPSA) is 0 Å². The minimum Gasteiger partial charge on any atom is -0.0885 e. The van der Waals surface area contributed by atoms with Gasteiger partial charge < -0.3 is 0 Å². The third-order valence-corrected chi connectivity index (χ3v) is 7.73. The molecule has 2 unspecified atom stereocenters. The first-order chi connectivity index (χ1) is 13.8. The Kier molecular flexibility index (Phi) is 9.16. The molecule has 2 aliphatic carbocycles. The molecule has 0 aromatic heterocycles. The number of allylic oxidation sites excluding steroid dienone is 2. The minimum absolute atomic E-state index is 0.795. The maximum Gasteiger partial charge on any atom is -0.0131 e. The summed E-state index contributed by atoms with van der Waals surface area (Å²) < 4.78 is 0. The highest BCUT2D eigenvalue weighted by molar-refractivity contribution is 5.26. The summed E-state index contributed by atoms with van der Waals surface area (Å²) in [6.45, 7) is 4.68. The number of benzene rings is 1. The van der Waals surface area contributed by atoms with Crippen molar-refractivity contribution in [2.75, 3.05) is 0 Å². The molecule has 156 valence electrons. The molecule has 1 saturated carbocycles. The van der Waals surface area contributed by atoms with Crippen LogP contribution in [-0.2, 0) is 6.42 Å². The zero-order valence-corrected chi connectivity index (χ0v) is 18.7. The molecular weight excluding hydrogens is 336 g/mol. The summed E-state index contributed by atoms with van der Waals surface area (Å²) in [5.74, 6) is 3.63. The molecule has 0 spiro atoms. The Morgan fingerprint density at radius 1 is 0.821 bits per heavy atom. The van der Waals surface area contributed by atoms with Crippen molar-refractivity contribution >= 4 is 0 Å². The Morgan fingerprint density at radius 2 is 1.61 bits per heavy atom. The zero-order valence-electron chi connectivity index (χ0n) is 18.7.